The van der Waals surface area contributed by atoms with E-state index in [1.165, 1.54) is 32.4 Å². The summed E-state index contributed by atoms with van der Waals surface area (Å²) >= 11 is 0. The smallest absolute Gasteiger partial charge is 0.272 e. The Kier molecular flexibility index (Phi) is 4.04. The van der Waals surface area contributed by atoms with Gasteiger partial charge in [0.1, 0.15) is 11.3 Å². The van der Waals surface area contributed by atoms with Crippen molar-refractivity contribution < 1.29 is 4.79 Å². The number of aromatic amines is 1. The average molecular weight is 312 g/mol. The highest BCUT2D eigenvalue weighted by atomic mass is 16.2. The Morgan fingerprint density at radius 3 is 2.61 bits per heavy atom. The van der Waals surface area contributed by atoms with Crippen LogP contribution < -0.4 is 0 Å². The second-order valence-electron chi connectivity index (χ2n) is 6.73. The zero-order valence-electron chi connectivity index (χ0n) is 13.5. The van der Waals surface area contributed by atoms with E-state index in [1.54, 1.807) is 0 Å². The van der Waals surface area contributed by atoms with Crippen LogP contribution >= 0.6 is 0 Å². The van der Waals surface area contributed by atoms with E-state index in [2.05, 4.69) is 14.9 Å². The van der Waals surface area contributed by atoms with Crippen LogP contribution in [0, 0.1) is 0 Å². The van der Waals surface area contributed by atoms with Gasteiger partial charge in [0, 0.05) is 30.7 Å². The normalized spacial score (nSPS) is 21.0. The van der Waals surface area contributed by atoms with Crippen molar-refractivity contribution in [1.29, 1.82) is 0 Å². The number of H-pyrrole nitrogens is 1. The molecule has 0 aliphatic carbocycles. The third-order valence-electron chi connectivity index (χ3n) is 5.29. The average Bonchev–Trinajstić information content (AvgIpc) is 3.10. The predicted octanol–water partition coefficient (Wildman–Crippen LogP) is 2.65. The zero-order valence-corrected chi connectivity index (χ0v) is 13.5. The van der Waals surface area contributed by atoms with Gasteiger partial charge >= 0.3 is 0 Å². The van der Waals surface area contributed by atoms with E-state index in [9.17, 15) is 4.79 Å². The number of pyridine rings is 1. The summed E-state index contributed by atoms with van der Waals surface area (Å²) in [5, 5.41) is 1.05. The maximum atomic E-state index is 12.7. The van der Waals surface area contributed by atoms with Gasteiger partial charge in [-0.25, -0.2) is 4.98 Å². The molecular formula is C18H24N4O. The summed E-state index contributed by atoms with van der Waals surface area (Å²) in [4.78, 5) is 24.8. The lowest BCUT2D eigenvalue weighted by molar-refractivity contribution is 0.0585. The van der Waals surface area contributed by atoms with E-state index < -0.39 is 0 Å². The van der Waals surface area contributed by atoms with Crippen molar-refractivity contribution in [3.63, 3.8) is 0 Å². The van der Waals surface area contributed by atoms with Gasteiger partial charge in [0.05, 0.1) is 0 Å². The molecule has 0 saturated carbocycles. The van der Waals surface area contributed by atoms with E-state index in [4.69, 9.17) is 0 Å². The first-order chi connectivity index (χ1) is 11.3. The van der Waals surface area contributed by atoms with Gasteiger partial charge in [-0.05, 0) is 57.0 Å². The Hall–Kier alpha value is -1.88. The number of amides is 1. The predicted molar refractivity (Wildman–Crippen MR) is 90.4 cm³/mol. The topological polar surface area (TPSA) is 52.2 Å². The minimum absolute atomic E-state index is 0.0681. The number of piperidine rings is 2. The summed E-state index contributed by atoms with van der Waals surface area (Å²) in [5.41, 5.74) is 1.34. The second kappa shape index (κ2) is 6.32. The molecule has 2 saturated heterocycles. The van der Waals surface area contributed by atoms with Gasteiger partial charge in [-0.15, -0.1) is 0 Å². The quantitative estimate of drug-likeness (QED) is 0.927. The Bertz CT molecular complexity index is 681. The zero-order chi connectivity index (χ0) is 15.6. The highest BCUT2D eigenvalue weighted by molar-refractivity contribution is 5.94. The number of hydrogen-bond donors (Lipinski definition) is 1. The fourth-order valence-electron chi connectivity index (χ4n) is 3.93. The highest BCUT2D eigenvalue weighted by Gasteiger charge is 2.28. The molecule has 4 heterocycles. The molecule has 0 radical (unpaired) electrons. The summed E-state index contributed by atoms with van der Waals surface area (Å²) in [6.07, 6.45) is 8.09. The van der Waals surface area contributed by atoms with Gasteiger partial charge in [0.2, 0.25) is 0 Å². The van der Waals surface area contributed by atoms with Crippen LogP contribution in [0.1, 0.15) is 42.6 Å². The molecule has 2 aliphatic rings. The fourth-order valence-corrected chi connectivity index (χ4v) is 3.93. The van der Waals surface area contributed by atoms with E-state index >= 15 is 0 Å². The first kappa shape index (κ1) is 14.7. The van der Waals surface area contributed by atoms with Crippen LogP contribution in [0.4, 0.5) is 0 Å². The molecule has 0 atom stereocenters. The van der Waals surface area contributed by atoms with Gasteiger partial charge in [-0.2, -0.15) is 0 Å². The third-order valence-corrected chi connectivity index (χ3v) is 5.29. The number of hydrogen-bond acceptors (Lipinski definition) is 3. The molecule has 0 aromatic carbocycles. The SMILES string of the molecule is O=C(c1ccc2cc[nH]c2n1)N1CCC(N2CCCCC2)CC1. The molecule has 5 heteroatoms. The van der Waals surface area contributed by atoms with Gasteiger partial charge < -0.3 is 14.8 Å². The molecule has 2 fully saturated rings. The monoisotopic (exact) mass is 312 g/mol. The molecule has 4 rings (SSSR count). The highest BCUT2D eigenvalue weighted by Crippen LogP contribution is 2.22. The van der Waals surface area contributed by atoms with Gasteiger partial charge in [0.25, 0.3) is 5.91 Å². The van der Waals surface area contributed by atoms with Crippen molar-refractivity contribution in [1.82, 2.24) is 19.8 Å². The van der Waals surface area contributed by atoms with Crippen molar-refractivity contribution in [3.8, 4) is 0 Å². The maximum absolute atomic E-state index is 12.7. The van der Waals surface area contributed by atoms with Crippen LogP contribution in [0.2, 0.25) is 0 Å². The van der Waals surface area contributed by atoms with Gasteiger partial charge in [-0.3, -0.25) is 4.79 Å². The molecule has 1 N–H and O–H groups in total. The number of carbonyl (C=O) groups excluding carboxylic acids is 1. The number of carbonyl (C=O) groups is 1. The molecule has 5 nitrogen and oxygen atoms in total. The first-order valence-electron chi connectivity index (χ1n) is 8.79. The van der Waals surface area contributed by atoms with Crippen LogP contribution in [0.25, 0.3) is 11.0 Å². The lowest BCUT2D eigenvalue weighted by Gasteiger charge is -2.40. The Balaban J connectivity index is 1.40. The number of nitrogens with one attached hydrogen (secondary N) is 1. The summed E-state index contributed by atoms with van der Waals surface area (Å²) in [6.45, 7) is 4.18. The molecule has 122 valence electrons. The molecular weight excluding hydrogens is 288 g/mol. The summed E-state index contributed by atoms with van der Waals surface area (Å²) in [6, 6.07) is 6.45. The number of likely N-dealkylation sites (tertiary alicyclic amines) is 2. The Morgan fingerprint density at radius 1 is 1.04 bits per heavy atom. The molecule has 2 aromatic rings. The van der Waals surface area contributed by atoms with Crippen molar-refractivity contribution >= 4 is 16.9 Å². The molecule has 0 spiro atoms. The van der Waals surface area contributed by atoms with Gasteiger partial charge in [-0.1, -0.05) is 6.42 Å². The first-order valence-corrected chi connectivity index (χ1v) is 8.79. The largest absolute Gasteiger partial charge is 0.346 e. The number of rotatable bonds is 2. The lowest BCUT2D eigenvalue weighted by Crippen LogP contribution is -2.48. The molecule has 1 amide bonds. The van der Waals surface area contributed by atoms with Crippen LogP contribution in [-0.4, -0.2) is 57.9 Å². The van der Waals surface area contributed by atoms with E-state index in [0.717, 1.165) is 37.0 Å². The van der Waals surface area contributed by atoms with Crippen molar-refractivity contribution in [2.75, 3.05) is 26.2 Å². The molecule has 2 aliphatic heterocycles. The van der Waals surface area contributed by atoms with E-state index in [0.29, 0.717) is 11.7 Å². The summed E-state index contributed by atoms with van der Waals surface area (Å²) < 4.78 is 0. The van der Waals surface area contributed by atoms with Crippen molar-refractivity contribution in [3.05, 3.63) is 30.1 Å². The maximum Gasteiger partial charge on any atom is 0.272 e. The van der Waals surface area contributed by atoms with Crippen LogP contribution in [0.15, 0.2) is 24.4 Å². The lowest BCUT2D eigenvalue weighted by atomic mass is 9.99. The number of nitrogens with zero attached hydrogens (tertiary/aromatic N) is 3. The van der Waals surface area contributed by atoms with Gasteiger partial charge in [0.15, 0.2) is 0 Å². The van der Waals surface area contributed by atoms with Crippen molar-refractivity contribution in [2.24, 2.45) is 0 Å². The summed E-state index contributed by atoms with van der Waals surface area (Å²) in [7, 11) is 0. The molecule has 2 aromatic heterocycles. The summed E-state index contributed by atoms with van der Waals surface area (Å²) in [5.74, 6) is 0.0681. The fraction of sp³-hybridized carbons (Fsp3) is 0.556. The molecule has 0 unspecified atom stereocenters. The molecule has 0 bridgehead atoms. The standard InChI is InChI=1S/C18H24N4O/c23-18(16-5-4-14-6-9-19-17(14)20-16)22-12-7-15(8-13-22)21-10-2-1-3-11-21/h4-6,9,15H,1-3,7-8,10-13H2,(H,19,20). The van der Waals surface area contributed by atoms with Crippen LogP contribution in [0.5, 0.6) is 0 Å². The Labute approximate surface area is 136 Å². The Morgan fingerprint density at radius 2 is 1.83 bits per heavy atom. The number of fused-ring (bicyclic) bond motifs is 1. The minimum atomic E-state index is 0.0681. The number of aromatic nitrogens is 2. The van der Waals surface area contributed by atoms with E-state index in [-0.39, 0.29) is 5.91 Å². The molecule has 23 heavy (non-hydrogen) atoms. The van der Waals surface area contributed by atoms with Crippen LogP contribution in [-0.2, 0) is 0 Å². The van der Waals surface area contributed by atoms with Crippen LogP contribution in [0.3, 0.4) is 0 Å². The minimum Gasteiger partial charge on any atom is -0.346 e. The van der Waals surface area contributed by atoms with E-state index in [1.807, 2.05) is 29.3 Å². The second-order valence-corrected chi connectivity index (χ2v) is 6.73. The van der Waals surface area contributed by atoms with Crippen molar-refractivity contribution in [2.45, 2.75) is 38.1 Å². The third kappa shape index (κ3) is 2.98.